The number of hydrogen-bond acceptors (Lipinski definition) is 6. The highest BCUT2D eigenvalue weighted by Crippen LogP contribution is 2.25. The SMILES string of the molecule is CCOC(=O)c1csc(NC(=O)C[C@@H](c2ccsc2)n2cccc2)n1. The fourth-order valence-electron chi connectivity index (χ4n) is 2.39. The molecule has 3 heterocycles. The third-order valence-corrected chi connectivity index (χ3v) is 4.99. The zero-order valence-electron chi connectivity index (χ0n) is 13.5. The fraction of sp³-hybridized carbons (Fsp3) is 0.235. The van der Waals surface area contributed by atoms with Crippen LogP contribution in [0, 0.1) is 0 Å². The van der Waals surface area contributed by atoms with Gasteiger partial charge in [-0.3, -0.25) is 4.79 Å². The molecule has 8 heteroatoms. The van der Waals surface area contributed by atoms with Crippen molar-refractivity contribution in [1.82, 2.24) is 9.55 Å². The van der Waals surface area contributed by atoms with Crippen molar-refractivity contribution < 1.29 is 14.3 Å². The Labute approximate surface area is 153 Å². The van der Waals surface area contributed by atoms with Gasteiger partial charge in [-0.2, -0.15) is 11.3 Å². The fourth-order valence-corrected chi connectivity index (χ4v) is 3.79. The average molecular weight is 375 g/mol. The molecule has 0 aromatic carbocycles. The molecule has 0 saturated heterocycles. The van der Waals surface area contributed by atoms with Crippen LogP contribution in [0.25, 0.3) is 0 Å². The first kappa shape index (κ1) is 17.4. The minimum Gasteiger partial charge on any atom is -0.461 e. The lowest BCUT2D eigenvalue weighted by molar-refractivity contribution is -0.116. The third-order valence-electron chi connectivity index (χ3n) is 3.53. The van der Waals surface area contributed by atoms with E-state index in [1.165, 1.54) is 11.3 Å². The van der Waals surface area contributed by atoms with Crippen LogP contribution in [0.15, 0.2) is 46.7 Å². The molecule has 0 fully saturated rings. The van der Waals surface area contributed by atoms with Crippen molar-refractivity contribution in [3.05, 3.63) is 58.0 Å². The predicted octanol–water partition coefficient (Wildman–Crippen LogP) is 3.80. The maximum atomic E-state index is 12.4. The van der Waals surface area contributed by atoms with Crippen LogP contribution >= 0.6 is 22.7 Å². The average Bonchev–Trinajstić information content (AvgIpc) is 3.34. The van der Waals surface area contributed by atoms with E-state index >= 15 is 0 Å². The van der Waals surface area contributed by atoms with Crippen LogP contribution < -0.4 is 5.32 Å². The van der Waals surface area contributed by atoms with Gasteiger partial charge in [-0.25, -0.2) is 9.78 Å². The first-order chi connectivity index (χ1) is 12.2. The van der Waals surface area contributed by atoms with Crippen molar-refractivity contribution in [3.8, 4) is 0 Å². The normalized spacial score (nSPS) is 11.9. The minimum atomic E-state index is -0.484. The summed E-state index contributed by atoms with van der Waals surface area (Å²) in [6.07, 6.45) is 4.16. The molecular formula is C17H17N3O3S2. The number of carbonyl (C=O) groups is 2. The van der Waals surface area contributed by atoms with Crippen LogP contribution in [0.5, 0.6) is 0 Å². The summed E-state index contributed by atoms with van der Waals surface area (Å²) in [4.78, 5) is 28.2. The summed E-state index contributed by atoms with van der Waals surface area (Å²) in [5.41, 5.74) is 1.30. The summed E-state index contributed by atoms with van der Waals surface area (Å²) in [5, 5.41) is 8.77. The lowest BCUT2D eigenvalue weighted by Crippen LogP contribution is -2.19. The van der Waals surface area contributed by atoms with Crippen LogP contribution in [0.1, 0.15) is 35.4 Å². The molecular weight excluding hydrogens is 358 g/mol. The Morgan fingerprint density at radius 2 is 2.12 bits per heavy atom. The topological polar surface area (TPSA) is 73.2 Å². The molecule has 3 aromatic rings. The molecule has 0 radical (unpaired) electrons. The van der Waals surface area contributed by atoms with Crippen molar-refractivity contribution in [3.63, 3.8) is 0 Å². The van der Waals surface area contributed by atoms with Gasteiger partial charge in [0.25, 0.3) is 0 Å². The number of carbonyl (C=O) groups excluding carboxylic acids is 2. The molecule has 0 aliphatic carbocycles. The number of anilines is 1. The Kier molecular flexibility index (Phi) is 5.62. The first-order valence-electron chi connectivity index (χ1n) is 7.74. The molecule has 0 unspecified atom stereocenters. The maximum absolute atomic E-state index is 12.4. The van der Waals surface area contributed by atoms with Gasteiger partial charge in [0.15, 0.2) is 10.8 Å². The van der Waals surface area contributed by atoms with Gasteiger partial charge in [0, 0.05) is 17.8 Å². The first-order valence-corrected chi connectivity index (χ1v) is 9.56. The molecule has 0 bridgehead atoms. The molecule has 0 aliphatic heterocycles. The van der Waals surface area contributed by atoms with E-state index < -0.39 is 5.97 Å². The van der Waals surface area contributed by atoms with Crippen LogP contribution in [0.4, 0.5) is 5.13 Å². The largest absolute Gasteiger partial charge is 0.461 e. The van der Waals surface area contributed by atoms with E-state index in [0.29, 0.717) is 5.13 Å². The van der Waals surface area contributed by atoms with Gasteiger partial charge < -0.3 is 14.6 Å². The molecule has 6 nitrogen and oxygen atoms in total. The van der Waals surface area contributed by atoms with Gasteiger partial charge in [0.05, 0.1) is 19.1 Å². The quantitative estimate of drug-likeness (QED) is 0.638. The van der Waals surface area contributed by atoms with Gasteiger partial charge in [0.2, 0.25) is 5.91 Å². The van der Waals surface area contributed by atoms with Crippen molar-refractivity contribution >= 4 is 39.7 Å². The highest BCUT2D eigenvalue weighted by atomic mass is 32.1. The Morgan fingerprint density at radius 1 is 1.32 bits per heavy atom. The molecule has 3 rings (SSSR count). The predicted molar refractivity (Wildman–Crippen MR) is 98.2 cm³/mol. The summed E-state index contributed by atoms with van der Waals surface area (Å²) >= 11 is 2.81. The van der Waals surface area contributed by atoms with E-state index in [0.717, 1.165) is 5.56 Å². The van der Waals surface area contributed by atoms with Gasteiger partial charge >= 0.3 is 5.97 Å². The van der Waals surface area contributed by atoms with Crippen LogP contribution in [0.3, 0.4) is 0 Å². The van der Waals surface area contributed by atoms with Crippen LogP contribution in [-0.4, -0.2) is 28.0 Å². The molecule has 130 valence electrons. The number of hydrogen-bond donors (Lipinski definition) is 1. The second kappa shape index (κ2) is 8.09. The summed E-state index contributed by atoms with van der Waals surface area (Å²) in [6, 6.07) is 5.81. The molecule has 0 spiro atoms. The number of esters is 1. The van der Waals surface area contributed by atoms with Gasteiger partial charge in [-0.05, 0) is 41.4 Å². The van der Waals surface area contributed by atoms with E-state index in [-0.39, 0.29) is 30.7 Å². The minimum absolute atomic E-state index is 0.0780. The summed E-state index contributed by atoms with van der Waals surface area (Å²) < 4.78 is 6.91. The lowest BCUT2D eigenvalue weighted by atomic mass is 10.1. The van der Waals surface area contributed by atoms with Crippen molar-refractivity contribution in [2.75, 3.05) is 11.9 Å². The molecule has 0 aliphatic rings. The van der Waals surface area contributed by atoms with Gasteiger partial charge in [0.1, 0.15) is 0 Å². The summed E-state index contributed by atoms with van der Waals surface area (Å²) in [7, 11) is 0. The molecule has 25 heavy (non-hydrogen) atoms. The third kappa shape index (κ3) is 4.34. The lowest BCUT2D eigenvalue weighted by Gasteiger charge is -2.17. The summed E-state index contributed by atoms with van der Waals surface area (Å²) in [5.74, 6) is -0.641. The number of amides is 1. The van der Waals surface area contributed by atoms with Crippen molar-refractivity contribution in [2.45, 2.75) is 19.4 Å². The standard InChI is InChI=1S/C17H17N3O3S2/c1-2-23-16(22)13-11-25-17(18-13)19-15(21)9-14(12-5-8-24-10-12)20-6-3-4-7-20/h3-8,10-11,14H,2,9H2,1H3,(H,18,19,21)/t14-/m0/s1. The van der Waals surface area contributed by atoms with Crippen LogP contribution in [0.2, 0.25) is 0 Å². The number of nitrogens with one attached hydrogen (secondary N) is 1. The second-order valence-electron chi connectivity index (χ2n) is 5.21. The number of thiazole rings is 1. The Morgan fingerprint density at radius 3 is 2.80 bits per heavy atom. The number of nitrogens with zero attached hydrogens (tertiary/aromatic N) is 2. The van der Waals surface area contributed by atoms with E-state index in [1.807, 2.05) is 45.9 Å². The molecule has 1 N–H and O–H groups in total. The Balaban J connectivity index is 1.67. The monoisotopic (exact) mass is 375 g/mol. The Hall–Kier alpha value is -2.45. The van der Waals surface area contributed by atoms with Gasteiger partial charge in [-0.15, -0.1) is 11.3 Å². The number of ether oxygens (including phenoxy) is 1. The Bertz CT molecular complexity index is 791. The number of aromatic nitrogens is 2. The summed E-state index contributed by atoms with van der Waals surface area (Å²) in [6.45, 7) is 2.02. The van der Waals surface area contributed by atoms with Crippen molar-refractivity contribution in [1.29, 1.82) is 0 Å². The van der Waals surface area contributed by atoms with E-state index in [4.69, 9.17) is 4.74 Å². The smallest absolute Gasteiger partial charge is 0.357 e. The number of thiophene rings is 1. The van der Waals surface area contributed by atoms with Gasteiger partial charge in [-0.1, -0.05) is 0 Å². The maximum Gasteiger partial charge on any atom is 0.357 e. The molecule has 3 aromatic heterocycles. The molecule has 1 atom stereocenters. The van der Waals surface area contributed by atoms with E-state index in [9.17, 15) is 9.59 Å². The number of rotatable bonds is 7. The highest BCUT2D eigenvalue weighted by Gasteiger charge is 2.19. The van der Waals surface area contributed by atoms with E-state index in [1.54, 1.807) is 23.6 Å². The highest BCUT2D eigenvalue weighted by molar-refractivity contribution is 7.14. The van der Waals surface area contributed by atoms with Crippen LogP contribution in [-0.2, 0) is 9.53 Å². The zero-order chi connectivity index (χ0) is 17.6. The van der Waals surface area contributed by atoms with Crippen molar-refractivity contribution in [2.24, 2.45) is 0 Å². The zero-order valence-corrected chi connectivity index (χ0v) is 15.2. The molecule has 0 saturated carbocycles. The molecule has 1 amide bonds. The van der Waals surface area contributed by atoms with E-state index in [2.05, 4.69) is 10.3 Å². The second-order valence-corrected chi connectivity index (χ2v) is 6.85.